The molecule has 0 amide bonds. The quantitative estimate of drug-likeness (QED) is 0.193. The Hall–Kier alpha value is -3.83. The number of sulfonamides is 1. The second-order valence-electron chi connectivity index (χ2n) is 10.9. The van der Waals surface area contributed by atoms with Crippen LogP contribution in [0.5, 0.6) is 11.5 Å². The van der Waals surface area contributed by atoms with Gasteiger partial charge in [0.25, 0.3) is 10.0 Å². The minimum Gasteiger partial charge on any atom is -0.493 e. The lowest BCUT2D eigenvalue weighted by Gasteiger charge is -2.30. The van der Waals surface area contributed by atoms with Crippen LogP contribution in [-0.2, 0) is 16.4 Å². The summed E-state index contributed by atoms with van der Waals surface area (Å²) in [5.74, 6) is -1.26. The fourth-order valence-corrected chi connectivity index (χ4v) is 6.49. The van der Waals surface area contributed by atoms with Crippen molar-refractivity contribution in [2.45, 2.75) is 37.5 Å². The fraction of sp³-hybridized carbons (Fsp3) is 0.344. The molecular formula is C32H34F3N3O4S. The predicted molar refractivity (Wildman–Crippen MR) is 160 cm³/mol. The number of fused-ring (bicyclic) bond motifs is 1. The number of aromatic nitrogens is 1. The molecule has 5 rings (SSSR count). The molecule has 1 aromatic heterocycles. The largest absolute Gasteiger partial charge is 0.493 e. The Balaban J connectivity index is 1.29. The molecule has 0 aliphatic carbocycles. The van der Waals surface area contributed by atoms with E-state index in [4.69, 9.17) is 9.47 Å². The van der Waals surface area contributed by atoms with E-state index in [1.165, 1.54) is 25.0 Å². The van der Waals surface area contributed by atoms with E-state index in [1.807, 2.05) is 16.9 Å². The van der Waals surface area contributed by atoms with E-state index in [0.29, 0.717) is 29.2 Å². The zero-order valence-corrected chi connectivity index (χ0v) is 24.9. The number of likely N-dealkylation sites (tertiary alicyclic amines) is 1. The first-order chi connectivity index (χ1) is 20.6. The molecular weight excluding hydrogens is 579 g/mol. The number of rotatable bonds is 11. The lowest BCUT2D eigenvalue weighted by atomic mass is 9.99. The number of nitrogens with one attached hydrogen (secondary N) is 1. The van der Waals surface area contributed by atoms with E-state index in [2.05, 4.69) is 16.8 Å². The monoisotopic (exact) mass is 613 g/mol. The first kappa shape index (κ1) is 30.6. The number of benzene rings is 3. The summed E-state index contributed by atoms with van der Waals surface area (Å²) in [5, 5.41) is 0.758. The Kier molecular flexibility index (Phi) is 9.41. The van der Waals surface area contributed by atoms with Crippen LogP contribution in [0.4, 0.5) is 18.9 Å². The van der Waals surface area contributed by atoms with Crippen LogP contribution >= 0.6 is 0 Å². The van der Waals surface area contributed by atoms with Crippen LogP contribution in [0.2, 0.25) is 0 Å². The molecule has 0 saturated carbocycles. The molecule has 0 radical (unpaired) electrons. The average Bonchev–Trinajstić information content (AvgIpc) is 2.97. The number of nitrogens with zero attached hydrogens (tertiary/aromatic N) is 2. The summed E-state index contributed by atoms with van der Waals surface area (Å²) in [7, 11) is -3.06. The zero-order chi connectivity index (χ0) is 30.6. The maximum absolute atomic E-state index is 15.2. The van der Waals surface area contributed by atoms with Crippen LogP contribution in [0.1, 0.15) is 37.3 Å². The Bertz CT molecular complexity index is 1690. The smallest absolute Gasteiger partial charge is 0.267 e. The van der Waals surface area contributed by atoms with Crippen LogP contribution in [0.25, 0.3) is 10.9 Å². The van der Waals surface area contributed by atoms with Gasteiger partial charge in [-0.3, -0.25) is 9.71 Å². The van der Waals surface area contributed by atoms with Crippen molar-refractivity contribution in [1.29, 1.82) is 0 Å². The molecule has 4 aromatic rings. The first-order valence-corrected chi connectivity index (χ1v) is 15.7. The highest BCUT2D eigenvalue weighted by atomic mass is 32.2. The maximum atomic E-state index is 15.2. The molecule has 1 saturated heterocycles. The number of hydrogen-bond acceptors (Lipinski definition) is 6. The highest BCUT2D eigenvalue weighted by molar-refractivity contribution is 7.92. The van der Waals surface area contributed by atoms with Crippen LogP contribution in [0.15, 0.2) is 65.7 Å². The van der Waals surface area contributed by atoms with Gasteiger partial charge in [-0.15, -0.1) is 0 Å². The number of pyridine rings is 1. The second-order valence-corrected chi connectivity index (χ2v) is 12.5. The number of anilines is 1. The Morgan fingerprint density at radius 3 is 2.40 bits per heavy atom. The Labute approximate surface area is 249 Å². The maximum Gasteiger partial charge on any atom is 0.267 e. The summed E-state index contributed by atoms with van der Waals surface area (Å²) in [6, 6.07) is 11.9. The number of piperidine rings is 1. The standard InChI is InChI=1S/C32H34F3N3O4S/c1-21-10-14-38(15-11-21)13-4-16-42-31-20-29-25(19-30(31)41-2)22(9-12-36-29)17-23-7-8-24(18-28(23)35)37-43(39,40)32-26(33)5-3-6-27(32)34/h3,5-9,12,18-21,37H,4,10-11,13-17H2,1-2H3. The van der Waals surface area contributed by atoms with Crippen molar-refractivity contribution in [3.05, 3.63) is 89.4 Å². The summed E-state index contributed by atoms with van der Waals surface area (Å²) in [6.07, 6.45) is 5.17. The van der Waals surface area contributed by atoms with Gasteiger partial charge in [-0.05, 0) is 85.8 Å². The van der Waals surface area contributed by atoms with Crippen LogP contribution < -0.4 is 14.2 Å². The summed E-state index contributed by atoms with van der Waals surface area (Å²) < 4.78 is 82.1. The van der Waals surface area contributed by atoms with Crippen molar-refractivity contribution in [2.24, 2.45) is 5.92 Å². The third kappa shape index (κ3) is 7.22. The predicted octanol–water partition coefficient (Wildman–Crippen LogP) is 6.55. The Morgan fingerprint density at radius 1 is 0.953 bits per heavy atom. The molecule has 2 heterocycles. The van der Waals surface area contributed by atoms with Gasteiger partial charge in [0.15, 0.2) is 16.4 Å². The molecule has 7 nitrogen and oxygen atoms in total. The topological polar surface area (TPSA) is 80.8 Å². The van der Waals surface area contributed by atoms with Gasteiger partial charge < -0.3 is 14.4 Å². The van der Waals surface area contributed by atoms with Crippen molar-refractivity contribution < 1.29 is 31.1 Å². The van der Waals surface area contributed by atoms with Gasteiger partial charge >= 0.3 is 0 Å². The van der Waals surface area contributed by atoms with Gasteiger partial charge in [0.05, 0.1) is 24.9 Å². The molecule has 0 spiro atoms. The third-order valence-corrected chi connectivity index (χ3v) is 9.18. The van der Waals surface area contributed by atoms with E-state index < -0.39 is 32.4 Å². The lowest BCUT2D eigenvalue weighted by Crippen LogP contribution is -2.34. The number of hydrogen-bond donors (Lipinski definition) is 1. The van der Waals surface area contributed by atoms with Gasteiger partial charge in [0, 0.05) is 30.6 Å². The summed E-state index contributed by atoms with van der Waals surface area (Å²) >= 11 is 0. The van der Waals surface area contributed by atoms with E-state index in [1.54, 1.807) is 19.4 Å². The third-order valence-electron chi connectivity index (χ3n) is 7.74. The summed E-state index contributed by atoms with van der Waals surface area (Å²) in [5.41, 5.74) is 1.56. The zero-order valence-electron chi connectivity index (χ0n) is 24.1. The molecule has 1 fully saturated rings. The molecule has 0 unspecified atom stereocenters. The minimum absolute atomic E-state index is 0.165. The van der Waals surface area contributed by atoms with E-state index in [0.717, 1.165) is 67.2 Å². The molecule has 1 N–H and O–H groups in total. The Morgan fingerprint density at radius 2 is 1.70 bits per heavy atom. The highest BCUT2D eigenvalue weighted by Gasteiger charge is 2.24. The van der Waals surface area contributed by atoms with Gasteiger partial charge in [-0.2, -0.15) is 0 Å². The second kappa shape index (κ2) is 13.2. The number of ether oxygens (including phenoxy) is 2. The molecule has 0 atom stereocenters. The molecule has 0 bridgehead atoms. The molecule has 228 valence electrons. The van der Waals surface area contributed by atoms with E-state index in [9.17, 15) is 17.2 Å². The van der Waals surface area contributed by atoms with E-state index >= 15 is 4.39 Å². The van der Waals surface area contributed by atoms with Crippen LogP contribution in [0, 0.1) is 23.4 Å². The number of methoxy groups -OCH3 is 1. The van der Waals surface area contributed by atoms with Crippen molar-refractivity contribution >= 4 is 26.6 Å². The summed E-state index contributed by atoms with van der Waals surface area (Å²) in [6.45, 7) is 6.07. The van der Waals surface area contributed by atoms with Gasteiger partial charge in [-0.1, -0.05) is 19.1 Å². The molecule has 11 heteroatoms. The van der Waals surface area contributed by atoms with E-state index in [-0.39, 0.29) is 12.1 Å². The lowest BCUT2D eigenvalue weighted by molar-refractivity contribution is 0.176. The van der Waals surface area contributed by atoms with Crippen LogP contribution in [-0.4, -0.2) is 51.7 Å². The van der Waals surface area contributed by atoms with Crippen molar-refractivity contribution in [3.63, 3.8) is 0 Å². The van der Waals surface area contributed by atoms with Crippen molar-refractivity contribution in [1.82, 2.24) is 9.88 Å². The molecule has 1 aliphatic rings. The summed E-state index contributed by atoms with van der Waals surface area (Å²) in [4.78, 5) is 5.82. The number of halogens is 3. The average molecular weight is 614 g/mol. The molecule has 43 heavy (non-hydrogen) atoms. The van der Waals surface area contributed by atoms with Gasteiger partial charge in [-0.25, -0.2) is 21.6 Å². The normalized spacial score (nSPS) is 14.6. The first-order valence-electron chi connectivity index (χ1n) is 14.2. The SMILES string of the molecule is COc1cc2c(Cc3ccc(NS(=O)(=O)c4c(F)cccc4F)cc3F)ccnc2cc1OCCCN1CCC(C)CC1. The molecule has 3 aromatic carbocycles. The minimum atomic E-state index is -4.62. The van der Waals surface area contributed by atoms with Crippen molar-refractivity contribution in [2.75, 3.05) is 38.1 Å². The highest BCUT2D eigenvalue weighted by Crippen LogP contribution is 2.34. The van der Waals surface area contributed by atoms with Gasteiger partial charge in [0.1, 0.15) is 17.5 Å². The van der Waals surface area contributed by atoms with Gasteiger partial charge in [0.2, 0.25) is 0 Å². The van der Waals surface area contributed by atoms with Crippen LogP contribution in [0.3, 0.4) is 0 Å². The van der Waals surface area contributed by atoms with Crippen molar-refractivity contribution in [3.8, 4) is 11.5 Å². The fourth-order valence-electron chi connectivity index (χ4n) is 5.30. The molecule has 1 aliphatic heterocycles.